The maximum Gasteiger partial charge on any atom is 0.0932 e. The van der Waals surface area contributed by atoms with Crippen molar-refractivity contribution in [1.82, 2.24) is 0 Å². The summed E-state index contributed by atoms with van der Waals surface area (Å²) in [5.74, 6) is 2.26. The van der Waals surface area contributed by atoms with E-state index in [9.17, 15) is 0 Å². The highest BCUT2D eigenvalue weighted by Gasteiger charge is 2.41. The third-order valence-electron chi connectivity index (χ3n) is 4.45. The lowest BCUT2D eigenvalue weighted by Gasteiger charge is -1.97. The highest BCUT2D eigenvalue weighted by atomic mass is 32.2. The average molecular weight is 367 g/mol. The van der Waals surface area contributed by atoms with E-state index < -0.39 is 0 Å². The minimum absolute atomic E-state index is 0.489. The molecule has 0 N–H and O–H groups in total. The molecule has 4 heterocycles. The molecule has 2 nitrogen and oxygen atoms in total. The van der Waals surface area contributed by atoms with Gasteiger partial charge in [0.2, 0.25) is 0 Å². The van der Waals surface area contributed by atoms with Crippen LogP contribution in [0.5, 0.6) is 0 Å². The molecule has 2 fully saturated rings. The SMILES string of the molecule is c1csc(CCC2OC2CSCC2OC2CCc2cccs2)c1. The molecule has 0 bridgehead atoms. The summed E-state index contributed by atoms with van der Waals surface area (Å²) in [6.07, 6.45) is 6.66. The van der Waals surface area contributed by atoms with Crippen LogP contribution in [0.2, 0.25) is 0 Å². The summed E-state index contributed by atoms with van der Waals surface area (Å²) in [5, 5.41) is 4.31. The summed E-state index contributed by atoms with van der Waals surface area (Å²) in [7, 11) is 0. The van der Waals surface area contributed by atoms with Crippen molar-refractivity contribution < 1.29 is 9.47 Å². The third kappa shape index (κ3) is 4.83. The van der Waals surface area contributed by atoms with Crippen LogP contribution in [0.1, 0.15) is 22.6 Å². The van der Waals surface area contributed by atoms with Gasteiger partial charge in [0.1, 0.15) is 0 Å². The molecule has 4 rings (SSSR count). The number of aryl methyl sites for hydroxylation is 2. The van der Waals surface area contributed by atoms with Gasteiger partial charge in [-0.3, -0.25) is 0 Å². The number of hydrogen-bond acceptors (Lipinski definition) is 5. The van der Waals surface area contributed by atoms with Crippen molar-refractivity contribution in [3.05, 3.63) is 44.8 Å². The molecule has 0 aliphatic carbocycles. The van der Waals surface area contributed by atoms with Crippen molar-refractivity contribution in [1.29, 1.82) is 0 Å². The van der Waals surface area contributed by atoms with Gasteiger partial charge in [-0.2, -0.15) is 11.8 Å². The fraction of sp³-hybridized carbons (Fsp3) is 0.556. The van der Waals surface area contributed by atoms with Crippen LogP contribution in [-0.4, -0.2) is 35.9 Å². The summed E-state index contributed by atoms with van der Waals surface area (Å²) < 4.78 is 11.6. The van der Waals surface area contributed by atoms with E-state index in [1.807, 2.05) is 34.4 Å². The van der Waals surface area contributed by atoms with Gasteiger partial charge in [-0.25, -0.2) is 0 Å². The largest absolute Gasteiger partial charge is 0.369 e. The molecular weight excluding hydrogens is 344 g/mol. The van der Waals surface area contributed by atoms with Crippen molar-refractivity contribution in [3.8, 4) is 0 Å². The van der Waals surface area contributed by atoms with Gasteiger partial charge in [-0.1, -0.05) is 12.1 Å². The fourth-order valence-corrected chi connectivity index (χ4v) is 5.58. The Morgan fingerprint density at radius 1 is 0.783 bits per heavy atom. The Labute approximate surface area is 150 Å². The molecule has 2 aliphatic heterocycles. The first-order valence-electron chi connectivity index (χ1n) is 8.32. The van der Waals surface area contributed by atoms with Gasteiger partial charge in [0.25, 0.3) is 0 Å². The topological polar surface area (TPSA) is 25.1 Å². The molecule has 2 saturated heterocycles. The number of thioether (sulfide) groups is 1. The maximum absolute atomic E-state index is 5.79. The zero-order valence-electron chi connectivity index (χ0n) is 13.1. The predicted octanol–water partition coefficient (Wildman–Crippen LogP) is 4.64. The molecule has 4 atom stereocenters. The van der Waals surface area contributed by atoms with E-state index >= 15 is 0 Å². The lowest BCUT2D eigenvalue weighted by atomic mass is 10.2. The third-order valence-corrected chi connectivity index (χ3v) is 7.45. The van der Waals surface area contributed by atoms with Crippen LogP contribution in [0.3, 0.4) is 0 Å². The van der Waals surface area contributed by atoms with Crippen LogP contribution in [0.15, 0.2) is 35.0 Å². The van der Waals surface area contributed by atoms with Crippen molar-refractivity contribution in [2.75, 3.05) is 11.5 Å². The minimum atomic E-state index is 0.489. The lowest BCUT2D eigenvalue weighted by Crippen LogP contribution is -2.03. The Morgan fingerprint density at radius 2 is 1.30 bits per heavy atom. The molecule has 2 aromatic heterocycles. The first-order valence-corrected chi connectivity index (χ1v) is 11.2. The van der Waals surface area contributed by atoms with Crippen LogP contribution >= 0.6 is 34.4 Å². The summed E-state index contributed by atoms with van der Waals surface area (Å²) in [6.45, 7) is 0. The van der Waals surface area contributed by atoms with E-state index in [0.717, 1.165) is 11.5 Å². The van der Waals surface area contributed by atoms with Crippen molar-refractivity contribution in [3.63, 3.8) is 0 Å². The van der Waals surface area contributed by atoms with Gasteiger partial charge in [-0.05, 0) is 48.6 Å². The number of rotatable bonds is 10. The number of hydrogen-bond donors (Lipinski definition) is 0. The molecule has 124 valence electrons. The van der Waals surface area contributed by atoms with Crippen LogP contribution in [-0.2, 0) is 22.3 Å². The molecule has 23 heavy (non-hydrogen) atoms. The standard InChI is InChI=1S/C18H22O2S3/c1-3-13(22-9-1)5-7-15-17(19-15)11-21-12-18-16(20-18)8-6-14-4-2-10-23-14/h1-4,9-10,15-18H,5-8,11-12H2. The molecule has 4 unspecified atom stereocenters. The zero-order chi connectivity index (χ0) is 15.5. The van der Waals surface area contributed by atoms with E-state index in [4.69, 9.17) is 9.47 Å². The quantitative estimate of drug-likeness (QED) is 0.573. The van der Waals surface area contributed by atoms with Crippen LogP contribution in [0.4, 0.5) is 0 Å². The second kappa shape index (κ2) is 7.70. The smallest absolute Gasteiger partial charge is 0.0932 e. The summed E-state index contributed by atoms with van der Waals surface area (Å²) in [4.78, 5) is 2.96. The molecule has 0 aromatic carbocycles. The summed E-state index contributed by atoms with van der Waals surface area (Å²) in [6, 6.07) is 8.70. The lowest BCUT2D eigenvalue weighted by molar-refractivity contribution is 0.370. The Hall–Kier alpha value is -0.330. The first kappa shape index (κ1) is 16.2. The molecule has 0 saturated carbocycles. The number of epoxide rings is 2. The Bertz CT molecular complexity index is 529. The Morgan fingerprint density at radius 3 is 1.74 bits per heavy atom. The summed E-state index contributed by atoms with van der Waals surface area (Å²) in [5.41, 5.74) is 0. The number of ether oxygens (including phenoxy) is 2. The van der Waals surface area contributed by atoms with Crippen molar-refractivity contribution in [2.45, 2.75) is 50.1 Å². The average Bonchev–Trinajstić information content (AvgIpc) is 3.32. The zero-order valence-corrected chi connectivity index (χ0v) is 15.5. The van der Waals surface area contributed by atoms with Crippen LogP contribution in [0.25, 0.3) is 0 Å². The Kier molecular flexibility index (Phi) is 5.41. The molecule has 0 radical (unpaired) electrons. The predicted molar refractivity (Wildman–Crippen MR) is 99.9 cm³/mol. The number of thiophene rings is 2. The van der Waals surface area contributed by atoms with Gasteiger partial charge in [-0.15, -0.1) is 22.7 Å². The Balaban J connectivity index is 1.04. The van der Waals surface area contributed by atoms with E-state index in [1.54, 1.807) is 0 Å². The monoisotopic (exact) mass is 366 g/mol. The van der Waals surface area contributed by atoms with E-state index in [-0.39, 0.29) is 0 Å². The van der Waals surface area contributed by atoms with Crippen molar-refractivity contribution in [2.24, 2.45) is 0 Å². The van der Waals surface area contributed by atoms with Crippen molar-refractivity contribution >= 4 is 34.4 Å². The van der Waals surface area contributed by atoms with Gasteiger partial charge in [0.05, 0.1) is 24.4 Å². The minimum Gasteiger partial charge on any atom is -0.369 e. The van der Waals surface area contributed by atoms with E-state index in [1.165, 1.54) is 35.4 Å². The van der Waals surface area contributed by atoms with Gasteiger partial charge in [0.15, 0.2) is 0 Å². The molecule has 5 heteroatoms. The molecular formula is C18H22O2S3. The maximum atomic E-state index is 5.79. The highest BCUT2D eigenvalue weighted by molar-refractivity contribution is 7.99. The molecule has 0 spiro atoms. The first-order chi connectivity index (χ1) is 11.4. The van der Waals surface area contributed by atoms with Gasteiger partial charge >= 0.3 is 0 Å². The van der Waals surface area contributed by atoms with Crippen LogP contribution < -0.4 is 0 Å². The van der Waals surface area contributed by atoms with E-state index in [0.29, 0.717) is 24.4 Å². The van der Waals surface area contributed by atoms with Gasteiger partial charge in [0, 0.05) is 21.3 Å². The van der Waals surface area contributed by atoms with Gasteiger partial charge < -0.3 is 9.47 Å². The molecule has 2 aliphatic rings. The molecule has 2 aromatic rings. The summed E-state index contributed by atoms with van der Waals surface area (Å²) >= 11 is 5.71. The van der Waals surface area contributed by atoms with Crippen LogP contribution in [0, 0.1) is 0 Å². The highest BCUT2D eigenvalue weighted by Crippen LogP contribution is 2.34. The fourth-order valence-electron chi connectivity index (χ4n) is 2.94. The second-order valence-electron chi connectivity index (χ2n) is 6.20. The second-order valence-corrected chi connectivity index (χ2v) is 9.34. The van der Waals surface area contributed by atoms with E-state index in [2.05, 4.69) is 35.0 Å². The normalized spacial score (nSPS) is 28.9. The molecule has 0 amide bonds.